The Hall–Kier alpha value is -2.94. The molecule has 4 rings (SSSR count). The summed E-state index contributed by atoms with van der Waals surface area (Å²) < 4.78 is 10.5. The largest absolute Gasteiger partial charge is 0.507 e. The van der Waals surface area contributed by atoms with E-state index in [1.54, 1.807) is 36.7 Å². The predicted octanol–water partition coefficient (Wildman–Crippen LogP) is 2.50. The second-order valence-electron chi connectivity index (χ2n) is 7.58. The van der Waals surface area contributed by atoms with E-state index < -0.39 is 17.7 Å². The molecule has 1 aromatic carbocycles. The van der Waals surface area contributed by atoms with Gasteiger partial charge >= 0.3 is 0 Å². The third kappa shape index (κ3) is 4.34. The first kappa shape index (κ1) is 22.3. The maximum Gasteiger partial charge on any atom is 0.295 e. The van der Waals surface area contributed by atoms with Gasteiger partial charge in [-0.05, 0) is 29.8 Å². The van der Waals surface area contributed by atoms with E-state index in [9.17, 15) is 14.7 Å². The number of pyridine rings is 1. The molecule has 168 valence electrons. The van der Waals surface area contributed by atoms with Gasteiger partial charge in [0.25, 0.3) is 11.7 Å². The number of aliphatic hydroxyl groups excluding tert-OH is 1. The molecule has 2 aliphatic heterocycles. The second kappa shape index (κ2) is 9.68. The van der Waals surface area contributed by atoms with Gasteiger partial charge in [-0.1, -0.05) is 17.7 Å². The van der Waals surface area contributed by atoms with Gasteiger partial charge in [0.1, 0.15) is 11.5 Å². The van der Waals surface area contributed by atoms with Crippen LogP contribution in [0.15, 0.2) is 48.3 Å². The molecule has 2 fully saturated rings. The van der Waals surface area contributed by atoms with Crippen LogP contribution in [0, 0.1) is 0 Å². The number of halogens is 1. The Bertz CT molecular complexity index is 1040. The Balaban J connectivity index is 1.72. The number of hydrogen-bond donors (Lipinski definition) is 1. The summed E-state index contributed by atoms with van der Waals surface area (Å²) in [4.78, 5) is 33.9. The predicted molar refractivity (Wildman–Crippen MR) is 119 cm³/mol. The Morgan fingerprint density at radius 3 is 2.69 bits per heavy atom. The van der Waals surface area contributed by atoms with Crippen molar-refractivity contribution in [1.29, 1.82) is 0 Å². The summed E-state index contributed by atoms with van der Waals surface area (Å²) in [7, 11) is 1.49. The highest BCUT2D eigenvalue weighted by atomic mass is 35.5. The van der Waals surface area contributed by atoms with Gasteiger partial charge in [-0.2, -0.15) is 0 Å². The van der Waals surface area contributed by atoms with Crippen LogP contribution in [0.4, 0.5) is 0 Å². The molecule has 1 N–H and O–H groups in total. The van der Waals surface area contributed by atoms with Gasteiger partial charge in [0.2, 0.25) is 0 Å². The Morgan fingerprint density at radius 2 is 2.03 bits per heavy atom. The number of morpholine rings is 1. The lowest BCUT2D eigenvalue weighted by molar-refractivity contribution is -0.140. The van der Waals surface area contributed by atoms with E-state index in [4.69, 9.17) is 21.1 Å². The number of likely N-dealkylation sites (tertiary alicyclic amines) is 1. The number of nitrogens with zero attached hydrogens (tertiary/aromatic N) is 3. The number of ketones is 1. The smallest absolute Gasteiger partial charge is 0.295 e. The van der Waals surface area contributed by atoms with Crippen molar-refractivity contribution in [2.75, 3.05) is 46.5 Å². The quantitative estimate of drug-likeness (QED) is 0.404. The SMILES string of the molecule is COc1ccc(/C(O)=C2/C(=O)C(=O)N(CCN3CCOCC3)C2c2cccnc2)cc1Cl. The standard InChI is InChI=1S/C23H24ClN3O5/c1-31-18-5-4-15(13-17(18)24)21(28)19-20(16-3-2-6-25-14-16)27(23(30)22(19)29)8-7-26-9-11-32-12-10-26/h2-6,13-14,20,28H,7-12H2,1H3/b21-19-. The number of aliphatic hydroxyl groups is 1. The topological polar surface area (TPSA) is 92.2 Å². The second-order valence-corrected chi connectivity index (χ2v) is 7.99. The molecule has 1 unspecified atom stereocenters. The summed E-state index contributed by atoms with van der Waals surface area (Å²) in [6, 6.07) is 7.50. The average molecular weight is 458 g/mol. The highest BCUT2D eigenvalue weighted by Gasteiger charge is 2.46. The van der Waals surface area contributed by atoms with Gasteiger partial charge in [0, 0.05) is 44.1 Å². The molecule has 3 heterocycles. The van der Waals surface area contributed by atoms with Crippen molar-refractivity contribution >= 4 is 29.1 Å². The van der Waals surface area contributed by atoms with Crippen LogP contribution in [0.5, 0.6) is 5.75 Å². The normalized spacial score (nSPS) is 21.2. The number of aromatic nitrogens is 1. The highest BCUT2D eigenvalue weighted by molar-refractivity contribution is 6.46. The minimum Gasteiger partial charge on any atom is -0.507 e. The van der Waals surface area contributed by atoms with E-state index >= 15 is 0 Å². The monoisotopic (exact) mass is 457 g/mol. The highest BCUT2D eigenvalue weighted by Crippen LogP contribution is 2.39. The van der Waals surface area contributed by atoms with Crippen molar-refractivity contribution in [1.82, 2.24) is 14.8 Å². The fourth-order valence-electron chi connectivity index (χ4n) is 4.04. The molecule has 0 bridgehead atoms. The molecule has 32 heavy (non-hydrogen) atoms. The number of carbonyl (C=O) groups is 2. The number of methoxy groups -OCH3 is 1. The van der Waals surface area contributed by atoms with Crippen LogP contribution in [-0.2, 0) is 14.3 Å². The van der Waals surface area contributed by atoms with Crippen LogP contribution >= 0.6 is 11.6 Å². The van der Waals surface area contributed by atoms with Crippen molar-refractivity contribution in [2.24, 2.45) is 0 Å². The van der Waals surface area contributed by atoms with Crippen LogP contribution in [0.1, 0.15) is 17.2 Å². The first-order chi connectivity index (χ1) is 15.5. The van der Waals surface area contributed by atoms with E-state index in [1.165, 1.54) is 18.1 Å². The van der Waals surface area contributed by atoms with Crippen molar-refractivity contribution in [2.45, 2.75) is 6.04 Å². The zero-order chi connectivity index (χ0) is 22.7. The summed E-state index contributed by atoms with van der Waals surface area (Å²) >= 11 is 6.22. The van der Waals surface area contributed by atoms with E-state index in [-0.39, 0.29) is 16.4 Å². The van der Waals surface area contributed by atoms with E-state index in [0.717, 1.165) is 13.1 Å². The first-order valence-electron chi connectivity index (χ1n) is 10.3. The van der Waals surface area contributed by atoms with Gasteiger partial charge in [-0.15, -0.1) is 0 Å². The Labute approximate surface area is 191 Å². The third-order valence-electron chi connectivity index (χ3n) is 5.73. The first-order valence-corrected chi connectivity index (χ1v) is 10.7. The van der Waals surface area contributed by atoms with Crippen LogP contribution in [-0.4, -0.2) is 78.1 Å². The average Bonchev–Trinajstić information content (AvgIpc) is 3.08. The molecule has 2 aliphatic rings. The Morgan fingerprint density at radius 1 is 1.25 bits per heavy atom. The van der Waals surface area contributed by atoms with E-state index in [0.29, 0.717) is 43.2 Å². The zero-order valence-electron chi connectivity index (χ0n) is 17.7. The number of amides is 1. The molecular weight excluding hydrogens is 434 g/mol. The Kier molecular flexibility index (Phi) is 6.74. The molecule has 2 saturated heterocycles. The van der Waals surface area contributed by atoms with Crippen molar-refractivity contribution in [3.8, 4) is 5.75 Å². The molecule has 0 aliphatic carbocycles. The van der Waals surface area contributed by atoms with Crippen molar-refractivity contribution in [3.63, 3.8) is 0 Å². The number of ether oxygens (including phenoxy) is 2. The molecule has 0 radical (unpaired) electrons. The summed E-state index contributed by atoms with van der Waals surface area (Å²) in [5.74, 6) is -1.22. The van der Waals surface area contributed by atoms with Crippen LogP contribution in [0.2, 0.25) is 5.02 Å². The lowest BCUT2D eigenvalue weighted by Crippen LogP contribution is -2.42. The van der Waals surface area contributed by atoms with Crippen LogP contribution in [0.3, 0.4) is 0 Å². The fourth-order valence-corrected chi connectivity index (χ4v) is 4.30. The molecule has 1 aromatic heterocycles. The van der Waals surface area contributed by atoms with Crippen LogP contribution < -0.4 is 4.74 Å². The lowest BCUT2D eigenvalue weighted by Gasteiger charge is -2.30. The number of rotatable bonds is 6. The van der Waals surface area contributed by atoms with Gasteiger partial charge in [-0.3, -0.25) is 19.5 Å². The summed E-state index contributed by atoms with van der Waals surface area (Å²) in [5, 5.41) is 11.4. The molecule has 8 nitrogen and oxygen atoms in total. The molecule has 0 spiro atoms. The molecule has 1 amide bonds. The van der Waals surface area contributed by atoms with Crippen molar-refractivity contribution < 1.29 is 24.2 Å². The van der Waals surface area contributed by atoms with Gasteiger partial charge in [-0.25, -0.2) is 0 Å². The molecule has 0 saturated carbocycles. The maximum atomic E-state index is 13.1. The fraction of sp³-hybridized carbons (Fsp3) is 0.348. The summed E-state index contributed by atoms with van der Waals surface area (Å²) in [5.41, 5.74) is 0.997. The van der Waals surface area contributed by atoms with Crippen molar-refractivity contribution in [3.05, 3.63) is 64.4 Å². The number of Topliss-reactive ketones (excluding diaryl/α,β-unsaturated/α-hetero) is 1. The number of benzene rings is 1. The van der Waals surface area contributed by atoms with E-state index in [2.05, 4.69) is 9.88 Å². The lowest BCUT2D eigenvalue weighted by atomic mass is 9.96. The third-order valence-corrected chi connectivity index (χ3v) is 6.02. The zero-order valence-corrected chi connectivity index (χ0v) is 18.4. The maximum absolute atomic E-state index is 13.1. The number of hydrogen-bond acceptors (Lipinski definition) is 7. The van der Waals surface area contributed by atoms with E-state index in [1.807, 2.05) is 0 Å². The molecule has 1 atom stereocenters. The van der Waals surface area contributed by atoms with Gasteiger partial charge < -0.3 is 19.5 Å². The summed E-state index contributed by atoms with van der Waals surface area (Å²) in [6.07, 6.45) is 3.22. The van der Waals surface area contributed by atoms with Crippen LogP contribution in [0.25, 0.3) is 5.76 Å². The van der Waals surface area contributed by atoms with Gasteiger partial charge in [0.15, 0.2) is 0 Å². The summed E-state index contributed by atoms with van der Waals surface area (Å²) in [6.45, 7) is 3.76. The molecular formula is C23H24ClN3O5. The molecule has 9 heteroatoms. The minimum absolute atomic E-state index is 0.0196. The minimum atomic E-state index is -0.745. The van der Waals surface area contributed by atoms with Gasteiger partial charge in [0.05, 0.1) is 37.0 Å². The number of carbonyl (C=O) groups excluding carboxylic acids is 2. The molecule has 2 aromatic rings.